The lowest BCUT2D eigenvalue weighted by molar-refractivity contribution is 1.32. The average Bonchev–Trinajstić information content (AvgIpc) is 4.05. The molecule has 0 unspecified atom stereocenters. The summed E-state index contributed by atoms with van der Waals surface area (Å²) >= 11 is 5.63. The van der Waals surface area contributed by atoms with Crippen LogP contribution in [0.1, 0.15) is 0 Å². The van der Waals surface area contributed by atoms with E-state index in [0.717, 1.165) is 33.6 Å². The zero-order valence-electron chi connectivity index (χ0n) is 33.9. The van der Waals surface area contributed by atoms with Crippen LogP contribution in [-0.2, 0) is 0 Å². The van der Waals surface area contributed by atoms with Crippen molar-refractivity contribution in [2.75, 3.05) is 0 Å². The summed E-state index contributed by atoms with van der Waals surface area (Å²) in [7, 11) is 0. The van der Waals surface area contributed by atoms with E-state index >= 15 is 0 Å². The van der Waals surface area contributed by atoms with Gasteiger partial charge in [-0.3, -0.25) is 0 Å². The molecular formula is C59H35NS3. The topological polar surface area (TPSA) is 12.9 Å². The Bertz CT molecular complexity index is 3770. The Morgan fingerprint density at radius 3 is 1.27 bits per heavy atom. The molecule has 294 valence electrons. The van der Waals surface area contributed by atoms with Crippen molar-refractivity contribution in [2.24, 2.45) is 0 Å². The number of pyridine rings is 1. The highest BCUT2D eigenvalue weighted by molar-refractivity contribution is 7.27. The first-order valence-corrected chi connectivity index (χ1v) is 23.7. The first-order valence-electron chi connectivity index (χ1n) is 21.2. The molecule has 0 spiro atoms. The van der Waals surface area contributed by atoms with Crippen LogP contribution in [-0.4, -0.2) is 4.98 Å². The molecule has 63 heavy (non-hydrogen) atoms. The molecule has 0 aliphatic carbocycles. The van der Waals surface area contributed by atoms with Crippen LogP contribution in [0.5, 0.6) is 0 Å². The van der Waals surface area contributed by atoms with Gasteiger partial charge in [0.2, 0.25) is 0 Å². The number of hydrogen-bond acceptors (Lipinski definition) is 4. The summed E-state index contributed by atoms with van der Waals surface area (Å²) in [5, 5.41) is 7.85. The van der Waals surface area contributed by atoms with Gasteiger partial charge in [-0.2, -0.15) is 0 Å². The number of thiophene rings is 3. The fraction of sp³-hybridized carbons (Fsp3) is 0. The van der Waals surface area contributed by atoms with Gasteiger partial charge >= 0.3 is 0 Å². The predicted octanol–water partition coefficient (Wildman–Crippen LogP) is 18.2. The maximum atomic E-state index is 5.37. The van der Waals surface area contributed by atoms with Crippen LogP contribution >= 0.6 is 34.0 Å². The second kappa shape index (κ2) is 14.7. The molecule has 0 saturated carbocycles. The minimum atomic E-state index is 0.947. The van der Waals surface area contributed by atoms with Gasteiger partial charge in [0.05, 0.1) is 11.4 Å². The third-order valence-corrected chi connectivity index (χ3v) is 16.1. The summed E-state index contributed by atoms with van der Waals surface area (Å²) in [6.07, 6.45) is 0. The van der Waals surface area contributed by atoms with Crippen molar-refractivity contribution in [2.45, 2.75) is 0 Å². The molecule has 13 aromatic rings. The molecule has 0 fully saturated rings. The summed E-state index contributed by atoms with van der Waals surface area (Å²) in [5.41, 5.74) is 13.7. The molecule has 9 aromatic carbocycles. The fourth-order valence-electron chi connectivity index (χ4n) is 9.40. The lowest BCUT2D eigenvalue weighted by atomic mass is 9.91. The van der Waals surface area contributed by atoms with Gasteiger partial charge in [-0.1, -0.05) is 152 Å². The van der Waals surface area contributed by atoms with Crippen molar-refractivity contribution >= 4 is 94.5 Å². The van der Waals surface area contributed by atoms with Gasteiger partial charge in [-0.15, -0.1) is 34.0 Å². The van der Waals surface area contributed by atoms with E-state index < -0.39 is 0 Å². The zero-order chi connectivity index (χ0) is 41.4. The quantitative estimate of drug-likeness (QED) is 0.162. The summed E-state index contributed by atoms with van der Waals surface area (Å²) in [6, 6.07) is 78.1. The molecule has 0 amide bonds. The highest BCUT2D eigenvalue weighted by atomic mass is 32.1. The van der Waals surface area contributed by atoms with E-state index in [4.69, 9.17) is 4.98 Å². The van der Waals surface area contributed by atoms with Crippen LogP contribution < -0.4 is 0 Å². The fourth-order valence-corrected chi connectivity index (χ4v) is 13.0. The monoisotopic (exact) mass is 853 g/mol. The third-order valence-electron chi connectivity index (χ3n) is 12.5. The van der Waals surface area contributed by atoms with E-state index in [1.807, 2.05) is 34.0 Å². The molecule has 0 saturated heterocycles. The summed E-state index contributed by atoms with van der Waals surface area (Å²) in [4.78, 5) is 5.37. The molecule has 13 rings (SSSR count). The normalized spacial score (nSPS) is 11.8. The molecule has 0 atom stereocenters. The smallest absolute Gasteiger partial charge is 0.0715 e. The first-order chi connectivity index (χ1) is 31.2. The standard InChI is InChI=1S/C59H35NS3/c1-2-12-37(13-3-1)52-34-41(35-53(60-52)38-26-24-36(25-27-38)39-28-29-57-51(33-39)48-16-6-7-21-54(48)61-57)40-30-42(44-17-10-19-49-46-14-4-8-22-55(46)62-58(44)49)32-43(31-40)45-18-11-20-50-47-15-5-9-23-56(47)63-59(45)50/h1-35H. The highest BCUT2D eigenvalue weighted by Gasteiger charge is 2.18. The Hall–Kier alpha value is -7.21. The average molecular weight is 854 g/mol. The summed E-state index contributed by atoms with van der Waals surface area (Å²) in [5.74, 6) is 0. The van der Waals surface area contributed by atoms with Crippen LogP contribution in [0.15, 0.2) is 212 Å². The number of hydrogen-bond donors (Lipinski definition) is 0. The van der Waals surface area contributed by atoms with Gasteiger partial charge in [-0.25, -0.2) is 4.98 Å². The molecule has 1 nitrogen and oxygen atoms in total. The minimum Gasteiger partial charge on any atom is -0.248 e. The third kappa shape index (κ3) is 6.21. The van der Waals surface area contributed by atoms with Gasteiger partial charge in [0.1, 0.15) is 0 Å². The molecule has 0 N–H and O–H groups in total. The van der Waals surface area contributed by atoms with E-state index in [0.29, 0.717) is 0 Å². The van der Waals surface area contributed by atoms with Gasteiger partial charge < -0.3 is 0 Å². The maximum Gasteiger partial charge on any atom is 0.0715 e. The van der Waals surface area contributed by atoms with Crippen LogP contribution in [0.4, 0.5) is 0 Å². The second-order valence-corrected chi connectivity index (χ2v) is 19.4. The van der Waals surface area contributed by atoms with E-state index in [9.17, 15) is 0 Å². The van der Waals surface area contributed by atoms with Gasteiger partial charge in [-0.05, 0) is 105 Å². The molecule has 4 heteroatoms. The van der Waals surface area contributed by atoms with E-state index in [1.165, 1.54) is 93.9 Å². The van der Waals surface area contributed by atoms with Crippen molar-refractivity contribution in [1.29, 1.82) is 0 Å². The number of fused-ring (bicyclic) bond motifs is 9. The number of aromatic nitrogens is 1. The maximum absolute atomic E-state index is 5.37. The van der Waals surface area contributed by atoms with E-state index in [2.05, 4.69) is 212 Å². The Kier molecular flexibility index (Phi) is 8.51. The summed E-state index contributed by atoms with van der Waals surface area (Å²) in [6.45, 7) is 0. The van der Waals surface area contributed by atoms with Crippen LogP contribution in [0.3, 0.4) is 0 Å². The molecular weight excluding hydrogens is 819 g/mol. The Balaban J connectivity index is 0.999. The van der Waals surface area contributed by atoms with Gasteiger partial charge in [0.25, 0.3) is 0 Å². The lowest BCUT2D eigenvalue weighted by Crippen LogP contribution is -1.93. The largest absolute Gasteiger partial charge is 0.248 e. The van der Waals surface area contributed by atoms with Crippen molar-refractivity contribution in [3.63, 3.8) is 0 Å². The number of benzene rings is 9. The Morgan fingerprint density at radius 1 is 0.238 bits per heavy atom. The predicted molar refractivity (Wildman–Crippen MR) is 276 cm³/mol. The number of rotatable bonds is 6. The van der Waals surface area contributed by atoms with Crippen LogP contribution in [0.25, 0.3) is 128 Å². The molecule has 0 aliphatic heterocycles. The molecule has 0 radical (unpaired) electrons. The second-order valence-electron chi connectivity index (χ2n) is 16.2. The molecule has 0 aliphatic rings. The van der Waals surface area contributed by atoms with Crippen LogP contribution in [0, 0.1) is 0 Å². The minimum absolute atomic E-state index is 0.947. The number of nitrogens with zero attached hydrogens (tertiary/aromatic N) is 1. The molecule has 4 aromatic heterocycles. The van der Waals surface area contributed by atoms with Crippen molar-refractivity contribution < 1.29 is 0 Å². The SMILES string of the molecule is c1ccc(-c2cc(-c3cc(-c4cccc5c4sc4ccccc45)cc(-c4cccc5c4sc4ccccc45)c3)cc(-c3ccc(-c4ccc5sc6ccccc6c5c4)cc3)n2)cc1. The van der Waals surface area contributed by atoms with Crippen molar-refractivity contribution in [3.8, 4) is 67.0 Å². The van der Waals surface area contributed by atoms with E-state index in [-0.39, 0.29) is 0 Å². The molecule has 4 heterocycles. The summed E-state index contributed by atoms with van der Waals surface area (Å²) < 4.78 is 7.89. The Labute approximate surface area is 376 Å². The molecule has 0 bridgehead atoms. The van der Waals surface area contributed by atoms with E-state index in [1.54, 1.807) is 0 Å². The van der Waals surface area contributed by atoms with Crippen molar-refractivity contribution in [1.82, 2.24) is 4.98 Å². The van der Waals surface area contributed by atoms with Crippen LogP contribution in [0.2, 0.25) is 0 Å². The first kappa shape index (κ1) is 36.4. The van der Waals surface area contributed by atoms with Crippen molar-refractivity contribution in [3.05, 3.63) is 212 Å². The van der Waals surface area contributed by atoms with Gasteiger partial charge in [0, 0.05) is 71.6 Å². The zero-order valence-corrected chi connectivity index (χ0v) is 36.3. The highest BCUT2D eigenvalue weighted by Crippen LogP contribution is 2.45. The van der Waals surface area contributed by atoms with Gasteiger partial charge in [0.15, 0.2) is 0 Å². The Morgan fingerprint density at radius 2 is 0.667 bits per heavy atom. The lowest BCUT2D eigenvalue weighted by Gasteiger charge is -2.15.